The second kappa shape index (κ2) is 8.66. The van der Waals surface area contributed by atoms with Crippen molar-refractivity contribution in [2.45, 2.75) is 55.6 Å². The molecule has 1 aromatic rings. The molecule has 5 heteroatoms. The highest BCUT2D eigenvalue weighted by molar-refractivity contribution is 14.1. The average Bonchev–Trinajstić information content (AvgIpc) is 2.55. The van der Waals surface area contributed by atoms with Gasteiger partial charge in [-0.1, -0.05) is 61.1 Å². The Hall–Kier alpha value is -1.11. The molecule has 1 aromatic carbocycles. The number of carbonyl (C=O) groups excluding carboxylic acids is 2. The van der Waals surface area contributed by atoms with E-state index in [1.54, 1.807) is 24.3 Å². The van der Waals surface area contributed by atoms with E-state index in [9.17, 15) is 9.59 Å². The number of ether oxygens (including phenoxy) is 1. The third-order valence-electron chi connectivity index (χ3n) is 4.13. The van der Waals surface area contributed by atoms with Crippen molar-refractivity contribution in [3.63, 3.8) is 0 Å². The predicted molar refractivity (Wildman–Crippen MR) is 98.7 cm³/mol. The van der Waals surface area contributed by atoms with Gasteiger partial charge in [0, 0.05) is 9.49 Å². The Balaban J connectivity index is 2.00. The van der Waals surface area contributed by atoms with Crippen LogP contribution in [0.25, 0.3) is 0 Å². The lowest BCUT2D eigenvalue weighted by molar-refractivity contribution is -0.153. The smallest absolute Gasteiger partial charge is 0.329 e. The molecule has 0 spiro atoms. The van der Waals surface area contributed by atoms with E-state index >= 15 is 0 Å². The van der Waals surface area contributed by atoms with Gasteiger partial charge in [0.2, 0.25) is 0 Å². The van der Waals surface area contributed by atoms with Crippen LogP contribution in [-0.4, -0.2) is 27.9 Å². The molecule has 0 aliphatic heterocycles. The van der Waals surface area contributed by atoms with Gasteiger partial charge in [0.25, 0.3) is 5.91 Å². The van der Waals surface area contributed by atoms with Gasteiger partial charge in [0.05, 0.1) is 0 Å². The highest BCUT2D eigenvalue weighted by Gasteiger charge is 2.31. The van der Waals surface area contributed by atoms with Crippen LogP contribution in [0.4, 0.5) is 0 Å². The first kappa shape index (κ1) is 18.2. The zero-order valence-corrected chi connectivity index (χ0v) is 15.8. The molecule has 1 amide bonds. The molecule has 3 atom stereocenters. The van der Waals surface area contributed by atoms with E-state index in [1.807, 2.05) is 19.9 Å². The minimum Gasteiger partial charge on any atom is -0.460 e. The fourth-order valence-corrected chi connectivity index (χ4v) is 3.67. The fourth-order valence-electron chi connectivity index (χ4n) is 2.72. The van der Waals surface area contributed by atoms with Crippen molar-refractivity contribution in [3.8, 4) is 0 Å². The summed E-state index contributed by atoms with van der Waals surface area (Å²) in [6.07, 6.45) is 4.25. The van der Waals surface area contributed by atoms with Crippen molar-refractivity contribution >= 4 is 34.5 Å². The summed E-state index contributed by atoms with van der Waals surface area (Å²) in [6.45, 7) is 3.83. The Morgan fingerprint density at radius 2 is 1.83 bits per heavy atom. The lowest BCUT2D eigenvalue weighted by atomic mass is 9.97. The molecule has 4 nitrogen and oxygen atoms in total. The molecule has 0 saturated heterocycles. The maximum absolute atomic E-state index is 12.5. The molecule has 2 rings (SSSR count). The molecule has 0 bridgehead atoms. The van der Waals surface area contributed by atoms with E-state index in [2.05, 4.69) is 27.9 Å². The third kappa shape index (κ3) is 5.19. The highest BCUT2D eigenvalue weighted by atomic mass is 127. The van der Waals surface area contributed by atoms with E-state index in [-0.39, 0.29) is 23.9 Å². The van der Waals surface area contributed by atoms with Gasteiger partial charge in [-0.15, -0.1) is 0 Å². The van der Waals surface area contributed by atoms with E-state index < -0.39 is 6.04 Å². The van der Waals surface area contributed by atoms with Crippen molar-refractivity contribution in [2.24, 2.45) is 5.92 Å². The van der Waals surface area contributed by atoms with E-state index in [0.29, 0.717) is 9.49 Å². The Morgan fingerprint density at radius 3 is 2.43 bits per heavy atom. The van der Waals surface area contributed by atoms with Crippen LogP contribution >= 0.6 is 22.6 Å². The van der Waals surface area contributed by atoms with Crippen LogP contribution < -0.4 is 5.32 Å². The molecule has 126 valence electrons. The molecule has 0 aromatic heterocycles. The molecule has 1 aliphatic carbocycles. The van der Waals surface area contributed by atoms with Crippen LogP contribution in [0.1, 0.15) is 49.9 Å². The van der Waals surface area contributed by atoms with Crippen LogP contribution in [-0.2, 0) is 9.53 Å². The number of nitrogens with one attached hydrogen (secondary N) is 1. The average molecular weight is 429 g/mol. The number of hydrogen-bond acceptors (Lipinski definition) is 3. The van der Waals surface area contributed by atoms with Gasteiger partial charge in [-0.25, -0.2) is 4.79 Å². The second-order valence-electron chi connectivity index (χ2n) is 6.34. The fraction of sp³-hybridized carbons (Fsp3) is 0.556. The highest BCUT2D eigenvalue weighted by Crippen LogP contribution is 2.27. The number of rotatable bonds is 5. The normalized spacial score (nSPS) is 22.4. The molecule has 0 radical (unpaired) electrons. The van der Waals surface area contributed by atoms with Crippen LogP contribution in [0.15, 0.2) is 30.3 Å². The van der Waals surface area contributed by atoms with Crippen molar-refractivity contribution < 1.29 is 14.3 Å². The van der Waals surface area contributed by atoms with Gasteiger partial charge in [-0.2, -0.15) is 0 Å². The minimum atomic E-state index is -0.617. The maximum atomic E-state index is 12.5. The van der Waals surface area contributed by atoms with Crippen molar-refractivity contribution in [1.82, 2.24) is 5.32 Å². The summed E-state index contributed by atoms with van der Waals surface area (Å²) in [4.78, 5) is 24.8. The van der Waals surface area contributed by atoms with Gasteiger partial charge in [-0.3, -0.25) is 4.79 Å². The molecular weight excluding hydrogens is 405 g/mol. The maximum Gasteiger partial charge on any atom is 0.329 e. The molecular formula is C18H24INO3. The van der Waals surface area contributed by atoms with E-state index in [1.165, 1.54) is 6.42 Å². The zero-order chi connectivity index (χ0) is 16.8. The number of halogens is 1. The lowest BCUT2D eigenvalue weighted by Crippen LogP contribution is -2.47. The van der Waals surface area contributed by atoms with Gasteiger partial charge >= 0.3 is 5.97 Å². The Kier molecular flexibility index (Phi) is 6.87. The van der Waals surface area contributed by atoms with Crippen LogP contribution in [0.3, 0.4) is 0 Å². The first-order chi connectivity index (χ1) is 11.0. The van der Waals surface area contributed by atoms with E-state index in [0.717, 1.165) is 19.3 Å². The second-order valence-corrected chi connectivity index (χ2v) is 7.94. The first-order valence-electron chi connectivity index (χ1n) is 8.19. The number of alkyl halides is 1. The summed E-state index contributed by atoms with van der Waals surface area (Å²) in [6, 6.07) is 8.32. The Labute approximate surface area is 151 Å². The SMILES string of the molecule is CC(C)[C@H](NC(=O)c1ccccc1)C(=O)O[C@H]1CCCC[C@@H]1I. The molecule has 1 aliphatic rings. The van der Waals surface area contributed by atoms with Crippen LogP contribution in [0.5, 0.6) is 0 Å². The predicted octanol–water partition coefficient (Wildman–Crippen LogP) is 3.73. The van der Waals surface area contributed by atoms with Gasteiger partial charge in [0.1, 0.15) is 12.1 Å². The molecule has 23 heavy (non-hydrogen) atoms. The molecule has 0 unspecified atom stereocenters. The Morgan fingerprint density at radius 1 is 1.17 bits per heavy atom. The minimum absolute atomic E-state index is 0.0218. The van der Waals surface area contributed by atoms with Crippen molar-refractivity contribution in [2.75, 3.05) is 0 Å². The summed E-state index contributed by atoms with van der Waals surface area (Å²) in [5.74, 6) is -0.583. The third-order valence-corrected chi connectivity index (χ3v) is 5.56. The lowest BCUT2D eigenvalue weighted by Gasteiger charge is -2.30. The molecule has 1 N–H and O–H groups in total. The topological polar surface area (TPSA) is 55.4 Å². The number of hydrogen-bond donors (Lipinski definition) is 1. The van der Waals surface area contributed by atoms with E-state index in [4.69, 9.17) is 4.74 Å². The van der Waals surface area contributed by atoms with Gasteiger partial charge in [-0.05, 0) is 37.3 Å². The molecule has 1 fully saturated rings. The number of carbonyl (C=O) groups is 2. The molecule has 0 heterocycles. The van der Waals surface area contributed by atoms with Crippen molar-refractivity contribution in [3.05, 3.63) is 35.9 Å². The summed E-state index contributed by atoms with van der Waals surface area (Å²) < 4.78 is 6.07. The van der Waals surface area contributed by atoms with Crippen LogP contribution in [0, 0.1) is 5.92 Å². The number of benzene rings is 1. The summed E-state index contributed by atoms with van der Waals surface area (Å²) in [7, 11) is 0. The summed E-state index contributed by atoms with van der Waals surface area (Å²) in [5.41, 5.74) is 0.551. The largest absolute Gasteiger partial charge is 0.460 e. The zero-order valence-electron chi connectivity index (χ0n) is 13.6. The first-order valence-corrected chi connectivity index (χ1v) is 9.44. The Bertz CT molecular complexity index is 532. The van der Waals surface area contributed by atoms with Crippen LogP contribution in [0.2, 0.25) is 0 Å². The van der Waals surface area contributed by atoms with Gasteiger partial charge < -0.3 is 10.1 Å². The summed E-state index contributed by atoms with van der Waals surface area (Å²) in [5, 5.41) is 2.82. The quantitative estimate of drug-likeness (QED) is 0.441. The summed E-state index contributed by atoms with van der Waals surface area (Å²) >= 11 is 2.36. The standard InChI is InChI=1S/C18H24INO3/c1-12(2)16(20-17(21)13-8-4-3-5-9-13)18(22)23-15-11-7-6-10-14(15)19/h3-5,8-9,12,14-16H,6-7,10-11H2,1-2H3,(H,20,21)/t14-,15-,16-/m0/s1. The molecule has 1 saturated carbocycles. The number of amides is 1. The van der Waals surface area contributed by atoms with Gasteiger partial charge in [0.15, 0.2) is 0 Å². The number of esters is 1. The van der Waals surface area contributed by atoms with Crippen molar-refractivity contribution in [1.29, 1.82) is 0 Å². The monoisotopic (exact) mass is 429 g/mol.